The van der Waals surface area contributed by atoms with Gasteiger partial charge in [-0.25, -0.2) is 32.6 Å². The molecule has 32 heavy (non-hydrogen) atoms. The van der Waals surface area contributed by atoms with Crippen LogP contribution >= 0.6 is 0 Å². The van der Waals surface area contributed by atoms with Gasteiger partial charge < -0.3 is 14.4 Å². The minimum absolute atomic E-state index is 0.0479. The number of fused-ring (bicyclic) bond motifs is 1. The summed E-state index contributed by atoms with van der Waals surface area (Å²) in [7, 11) is 0. The number of nitrogens with zero attached hydrogens (tertiary/aromatic N) is 5. The molecule has 3 aromatic rings. The van der Waals surface area contributed by atoms with E-state index in [0.717, 1.165) is 0 Å². The Bertz CT molecular complexity index is 1130. The second-order valence-corrected chi connectivity index (χ2v) is 8.50. The molecular formula is C21H22F3N5O3. The van der Waals surface area contributed by atoms with Gasteiger partial charge in [0.1, 0.15) is 23.1 Å². The van der Waals surface area contributed by atoms with Gasteiger partial charge >= 0.3 is 6.09 Å². The van der Waals surface area contributed by atoms with Gasteiger partial charge in [0.05, 0.1) is 12.2 Å². The standard InChI is InChI=1S/C21H22F3N5O3/c1-21(2,3)32-20(30)28-6-4-13(5-7-28)29-18-14(10-27-29)19(26-11-25-18)31-17-15(23)8-12(22)9-16(17)24/h8-11,13H,4-7H2,1-3H3. The topological polar surface area (TPSA) is 82.4 Å². The first-order valence-electron chi connectivity index (χ1n) is 10.1. The first-order valence-corrected chi connectivity index (χ1v) is 10.1. The Balaban J connectivity index is 1.53. The lowest BCUT2D eigenvalue weighted by molar-refractivity contribution is 0.0186. The Morgan fingerprint density at radius 3 is 2.38 bits per heavy atom. The molecule has 8 nitrogen and oxygen atoms in total. The summed E-state index contributed by atoms with van der Waals surface area (Å²) in [5, 5.41) is 4.71. The van der Waals surface area contributed by atoms with Crippen molar-refractivity contribution >= 4 is 17.1 Å². The Morgan fingerprint density at radius 2 is 1.75 bits per heavy atom. The zero-order valence-corrected chi connectivity index (χ0v) is 17.8. The Labute approximate surface area is 182 Å². The summed E-state index contributed by atoms with van der Waals surface area (Å²) < 4.78 is 53.5. The molecule has 0 atom stereocenters. The van der Waals surface area contributed by atoms with Gasteiger partial charge in [-0.05, 0) is 33.6 Å². The van der Waals surface area contributed by atoms with Gasteiger partial charge in [-0.2, -0.15) is 5.10 Å². The highest BCUT2D eigenvalue weighted by molar-refractivity contribution is 5.80. The maximum absolute atomic E-state index is 14.0. The quantitative estimate of drug-likeness (QED) is 0.581. The molecule has 1 aromatic carbocycles. The lowest BCUT2D eigenvalue weighted by atomic mass is 10.1. The fourth-order valence-electron chi connectivity index (χ4n) is 3.53. The molecule has 2 aromatic heterocycles. The number of carbonyl (C=O) groups is 1. The van der Waals surface area contributed by atoms with Crippen molar-refractivity contribution in [1.82, 2.24) is 24.6 Å². The van der Waals surface area contributed by atoms with E-state index in [2.05, 4.69) is 15.1 Å². The third kappa shape index (κ3) is 4.46. The Morgan fingerprint density at radius 1 is 1.09 bits per heavy atom. The number of piperidine rings is 1. The van der Waals surface area contributed by atoms with Gasteiger partial charge in [0, 0.05) is 25.2 Å². The van der Waals surface area contributed by atoms with E-state index in [0.29, 0.717) is 49.1 Å². The van der Waals surface area contributed by atoms with Crippen LogP contribution in [0.3, 0.4) is 0 Å². The van der Waals surface area contributed by atoms with Crippen molar-refractivity contribution in [3.8, 4) is 11.6 Å². The largest absolute Gasteiger partial charge is 0.444 e. The second-order valence-electron chi connectivity index (χ2n) is 8.50. The molecule has 0 spiro atoms. The number of hydrogen-bond donors (Lipinski definition) is 0. The molecule has 0 unspecified atom stereocenters. The van der Waals surface area contributed by atoms with Crippen LogP contribution in [0.4, 0.5) is 18.0 Å². The van der Waals surface area contributed by atoms with Crippen LogP contribution in [0.5, 0.6) is 11.6 Å². The number of aromatic nitrogens is 4. The molecule has 1 aliphatic rings. The minimum Gasteiger partial charge on any atom is -0.444 e. The minimum atomic E-state index is -1.18. The lowest BCUT2D eigenvalue weighted by Crippen LogP contribution is -2.42. The highest BCUT2D eigenvalue weighted by atomic mass is 19.1. The number of carbonyl (C=O) groups excluding carboxylic acids is 1. The van der Waals surface area contributed by atoms with Crippen LogP contribution in [-0.2, 0) is 4.74 Å². The summed E-state index contributed by atoms with van der Waals surface area (Å²) >= 11 is 0. The highest BCUT2D eigenvalue weighted by Crippen LogP contribution is 2.33. The summed E-state index contributed by atoms with van der Waals surface area (Å²) in [4.78, 5) is 22.1. The Hall–Kier alpha value is -3.37. The monoisotopic (exact) mass is 449 g/mol. The molecule has 0 bridgehead atoms. The van der Waals surface area contributed by atoms with Crippen molar-refractivity contribution in [2.45, 2.75) is 45.3 Å². The van der Waals surface area contributed by atoms with Gasteiger partial charge in [0.15, 0.2) is 17.3 Å². The molecule has 1 amide bonds. The van der Waals surface area contributed by atoms with Crippen molar-refractivity contribution in [1.29, 1.82) is 0 Å². The number of ether oxygens (including phenoxy) is 2. The van der Waals surface area contributed by atoms with Crippen LogP contribution in [-0.4, -0.2) is 49.4 Å². The van der Waals surface area contributed by atoms with Crippen LogP contribution in [0.15, 0.2) is 24.7 Å². The molecule has 1 saturated heterocycles. The van der Waals surface area contributed by atoms with E-state index in [9.17, 15) is 18.0 Å². The average Bonchev–Trinajstić information content (AvgIpc) is 3.14. The molecule has 0 saturated carbocycles. The number of rotatable bonds is 3. The van der Waals surface area contributed by atoms with Crippen molar-refractivity contribution in [3.63, 3.8) is 0 Å². The maximum atomic E-state index is 14.0. The van der Waals surface area contributed by atoms with Crippen molar-refractivity contribution in [3.05, 3.63) is 42.1 Å². The van der Waals surface area contributed by atoms with Gasteiger partial charge in [0.25, 0.3) is 0 Å². The molecule has 3 heterocycles. The van der Waals surface area contributed by atoms with E-state index >= 15 is 0 Å². The van der Waals surface area contributed by atoms with Gasteiger partial charge in [-0.15, -0.1) is 0 Å². The van der Waals surface area contributed by atoms with E-state index in [1.807, 2.05) is 20.8 Å². The number of amides is 1. The van der Waals surface area contributed by atoms with E-state index in [1.54, 1.807) is 9.58 Å². The maximum Gasteiger partial charge on any atom is 0.410 e. The first kappa shape index (κ1) is 21.8. The molecule has 1 fully saturated rings. The SMILES string of the molecule is CC(C)(C)OC(=O)N1CCC(n2ncc3c(Oc4c(F)cc(F)cc4F)ncnc32)CC1. The molecule has 4 rings (SSSR count). The fraction of sp³-hybridized carbons (Fsp3) is 0.429. The average molecular weight is 449 g/mol. The summed E-state index contributed by atoms with van der Waals surface area (Å²) in [5.74, 6) is -4.28. The number of benzene rings is 1. The molecule has 11 heteroatoms. The zero-order valence-electron chi connectivity index (χ0n) is 17.8. The molecule has 1 aliphatic heterocycles. The van der Waals surface area contributed by atoms with Crippen LogP contribution in [0.1, 0.15) is 39.7 Å². The predicted molar refractivity (Wildman–Crippen MR) is 108 cm³/mol. The predicted octanol–water partition coefficient (Wildman–Crippen LogP) is 4.61. The fourth-order valence-corrected chi connectivity index (χ4v) is 3.53. The first-order chi connectivity index (χ1) is 15.1. The number of likely N-dealkylation sites (tertiary alicyclic amines) is 1. The second kappa shape index (κ2) is 8.29. The van der Waals surface area contributed by atoms with Crippen LogP contribution in [0.2, 0.25) is 0 Å². The van der Waals surface area contributed by atoms with Crippen molar-refractivity contribution in [2.24, 2.45) is 0 Å². The van der Waals surface area contributed by atoms with Gasteiger partial charge in [0.2, 0.25) is 11.6 Å². The third-order valence-corrected chi connectivity index (χ3v) is 4.98. The molecule has 0 radical (unpaired) electrons. The highest BCUT2D eigenvalue weighted by Gasteiger charge is 2.29. The molecular weight excluding hydrogens is 427 g/mol. The van der Waals surface area contributed by atoms with Crippen LogP contribution in [0, 0.1) is 17.5 Å². The van der Waals surface area contributed by atoms with Gasteiger partial charge in [-0.3, -0.25) is 0 Å². The van der Waals surface area contributed by atoms with Gasteiger partial charge in [-0.1, -0.05) is 0 Å². The smallest absolute Gasteiger partial charge is 0.410 e. The van der Waals surface area contributed by atoms with Crippen molar-refractivity contribution in [2.75, 3.05) is 13.1 Å². The van der Waals surface area contributed by atoms with Crippen molar-refractivity contribution < 1.29 is 27.4 Å². The molecule has 0 aliphatic carbocycles. The number of halogens is 3. The zero-order chi connectivity index (χ0) is 23.0. The molecule has 170 valence electrons. The summed E-state index contributed by atoms with van der Waals surface area (Å²) in [6, 6.07) is 1.00. The lowest BCUT2D eigenvalue weighted by Gasteiger charge is -2.33. The molecule has 0 N–H and O–H groups in total. The van der Waals surface area contributed by atoms with Crippen LogP contribution < -0.4 is 4.74 Å². The normalized spacial score (nSPS) is 15.2. The third-order valence-electron chi connectivity index (χ3n) is 4.98. The van der Waals surface area contributed by atoms with E-state index < -0.39 is 28.8 Å². The van der Waals surface area contributed by atoms with E-state index in [1.165, 1.54) is 12.5 Å². The van der Waals surface area contributed by atoms with E-state index in [4.69, 9.17) is 9.47 Å². The van der Waals surface area contributed by atoms with E-state index in [-0.39, 0.29) is 18.0 Å². The Kier molecular flexibility index (Phi) is 5.66. The van der Waals surface area contributed by atoms with Crippen LogP contribution in [0.25, 0.3) is 11.0 Å². The summed E-state index contributed by atoms with van der Waals surface area (Å²) in [6.07, 6.45) is 3.53. The summed E-state index contributed by atoms with van der Waals surface area (Å²) in [6.45, 7) is 6.42. The summed E-state index contributed by atoms with van der Waals surface area (Å²) in [5.41, 5.74) is -0.142. The number of hydrogen-bond acceptors (Lipinski definition) is 6.